The summed E-state index contributed by atoms with van der Waals surface area (Å²) in [5.74, 6) is -9.89. The van der Waals surface area contributed by atoms with E-state index in [2.05, 4.69) is 42.2 Å². The van der Waals surface area contributed by atoms with Gasteiger partial charge in [0.25, 0.3) is 0 Å². The van der Waals surface area contributed by atoms with Gasteiger partial charge in [0, 0.05) is 36.4 Å². The third kappa shape index (κ3) is 18.0. The van der Waals surface area contributed by atoms with E-state index >= 15 is 0 Å². The molecule has 1 heterocycles. The van der Waals surface area contributed by atoms with Gasteiger partial charge in [-0.25, -0.2) is 4.79 Å². The van der Waals surface area contributed by atoms with Crippen LogP contribution in [0.3, 0.4) is 0 Å². The number of primary amides is 1. The van der Waals surface area contributed by atoms with Crippen molar-refractivity contribution in [3.8, 4) is 0 Å². The lowest BCUT2D eigenvalue weighted by Crippen LogP contribution is -2.56. The monoisotopic (exact) mass is 861 g/mol. The topological polar surface area (TPSA) is 409 Å². The molecule has 0 aliphatic rings. The third-order valence-corrected chi connectivity index (χ3v) is 9.06. The van der Waals surface area contributed by atoms with Crippen LogP contribution in [0.4, 0.5) is 0 Å². The Bertz CT molecular complexity index is 1890. The second-order valence-electron chi connectivity index (χ2n) is 13.9. The van der Waals surface area contributed by atoms with E-state index in [1.807, 2.05) is 0 Å². The molecule has 6 atom stereocenters. The molecule has 0 aliphatic carbocycles. The molecule has 17 N–H and O–H groups in total. The van der Waals surface area contributed by atoms with Gasteiger partial charge >= 0.3 is 11.9 Å². The quantitative estimate of drug-likeness (QED) is 0.0357. The number of carbonyl (C=O) groups excluding carboxylic acids is 8. The van der Waals surface area contributed by atoms with Crippen molar-refractivity contribution in [2.75, 3.05) is 26.2 Å². The van der Waals surface area contributed by atoms with Crippen LogP contribution in [0.2, 0.25) is 0 Å². The predicted octanol–water partition coefficient (Wildman–Crippen LogP) is -4.95. The number of benzene rings is 1. The summed E-state index contributed by atoms with van der Waals surface area (Å²) in [6, 6.07) is -1.07. The Morgan fingerprint density at radius 1 is 0.689 bits per heavy atom. The lowest BCUT2D eigenvalue weighted by Gasteiger charge is -2.23. The van der Waals surface area contributed by atoms with Gasteiger partial charge in [0.15, 0.2) is 0 Å². The zero-order valence-corrected chi connectivity index (χ0v) is 33.5. The number of nitrogens with one attached hydrogen (secondary N) is 8. The van der Waals surface area contributed by atoms with Gasteiger partial charge in [-0.15, -0.1) is 0 Å². The van der Waals surface area contributed by atoms with Crippen LogP contribution >= 0.6 is 0 Å². The number of para-hydroxylation sites is 1. The molecule has 2 rings (SSSR count). The summed E-state index contributed by atoms with van der Waals surface area (Å²) in [6.45, 7) is -0.653. The number of H-pyrrole nitrogens is 1. The summed E-state index contributed by atoms with van der Waals surface area (Å²) in [5.41, 5.74) is 17.7. The van der Waals surface area contributed by atoms with Crippen LogP contribution in [0.1, 0.15) is 57.4 Å². The molecule has 1 aromatic carbocycles. The fourth-order valence-electron chi connectivity index (χ4n) is 5.69. The van der Waals surface area contributed by atoms with Crippen LogP contribution in [0, 0.1) is 0 Å². The van der Waals surface area contributed by atoms with Crippen molar-refractivity contribution in [3.05, 3.63) is 36.0 Å². The largest absolute Gasteiger partial charge is 0.481 e. The van der Waals surface area contributed by atoms with Crippen LogP contribution in [0.25, 0.3) is 10.9 Å². The standard InChI is InChI=1S/C37H55N11O13/c1-19(44-29(51)16-43-35(58)27(48-33(56)22(39)18-49)14-20-15-41-23-7-3-2-6-21(20)23)32(55)46-24(10-12-31(53)54)34(57)42-17-30(52)45-25(9-11-28(40)50)36(59)47-26(37(60)61)8-4-5-13-38/h2-3,6-7,15,19,22,24-27,41,49H,4-5,8-14,16-18,38-39H2,1H3,(H2,40,50)(H,42,57)(H,43,58)(H,44,51)(H,45,52)(H,46,55)(H,47,59)(H,48,56)(H,53,54)(H,60,61)/t19-,22-,24-,25-,26-,27-/m0/s1. The first-order chi connectivity index (χ1) is 28.9. The third-order valence-electron chi connectivity index (χ3n) is 9.06. The Balaban J connectivity index is 2.03. The molecule has 0 radical (unpaired) electrons. The van der Waals surface area contributed by atoms with Crippen LogP contribution in [0.5, 0.6) is 0 Å². The molecule has 0 saturated carbocycles. The Morgan fingerprint density at radius 2 is 1.26 bits per heavy atom. The van der Waals surface area contributed by atoms with Crippen molar-refractivity contribution in [2.24, 2.45) is 17.2 Å². The molecule has 61 heavy (non-hydrogen) atoms. The minimum Gasteiger partial charge on any atom is -0.481 e. The average Bonchev–Trinajstić information content (AvgIpc) is 3.62. The number of carbonyl (C=O) groups is 10. The zero-order valence-electron chi connectivity index (χ0n) is 33.5. The Hall–Kier alpha value is -6.66. The molecule has 2 aromatic rings. The lowest BCUT2D eigenvalue weighted by atomic mass is 10.0. The first-order valence-electron chi connectivity index (χ1n) is 19.3. The number of hydrogen-bond acceptors (Lipinski definition) is 13. The van der Waals surface area contributed by atoms with Crippen LogP contribution in [-0.4, -0.2) is 142 Å². The predicted molar refractivity (Wildman–Crippen MR) is 214 cm³/mol. The van der Waals surface area contributed by atoms with Gasteiger partial charge in [0.05, 0.1) is 19.7 Å². The van der Waals surface area contributed by atoms with Crippen molar-refractivity contribution in [3.63, 3.8) is 0 Å². The van der Waals surface area contributed by atoms with Crippen LogP contribution < -0.4 is 54.4 Å². The van der Waals surface area contributed by atoms with Crippen molar-refractivity contribution in [1.82, 2.24) is 42.2 Å². The number of aromatic nitrogens is 1. The summed E-state index contributed by atoms with van der Waals surface area (Å²) in [7, 11) is 0. The number of aliphatic hydroxyl groups is 1. The van der Waals surface area contributed by atoms with E-state index in [0.717, 1.165) is 10.9 Å². The van der Waals surface area contributed by atoms with E-state index in [1.165, 1.54) is 6.92 Å². The molecule has 1 aromatic heterocycles. The number of aromatic amines is 1. The summed E-state index contributed by atoms with van der Waals surface area (Å²) in [4.78, 5) is 128. The highest BCUT2D eigenvalue weighted by Gasteiger charge is 2.30. The number of aliphatic carboxylic acids is 2. The maximum Gasteiger partial charge on any atom is 0.326 e. The molecule has 0 saturated heterocycles. The minimum atomic E-state index is -1.55. The number of carboxylic acids is 2. The van der Waals surface area contributed by atoms with Gasteiger partial charge in [0.2, 0.25) is 47.3 Å². The van der Waals surface area contributed by atoms with E-state index < -0.39 is 128 Å². The minimum absolute atomic E-state index is 0.0317. The molecular formula is C37H55N11O13. The van der Waals surface area contributed by atoms with Crippen molar-refractivity contribution >= 4 is 70.1 Å². The smallest absolute Gasteiger partial charge is 0.326 e. The summed E-state index contributed by atoms with van der Waals surface area (Å²) in [5, 5.41) is 45.0. The Morgan fingerprint density at radius 3 is 1.87 bits per heavy atom. The van der Waals surface area contributed by atoms with E-state index in [0.29, 0.717) is 24.9 Å². The SMILES string of the molecule is C[C@H](NC(=O)CNC(=O)[C@H](Cc1c[nH]c2ccccc12)NC(=O)[C@@H](N)CO)C(=O)N[C@@H](CCC(=O)O)C(=O)NCC(=O)N[C@@H](CCC(N)=O)C(=O)N[C@@H](CCCCN)C(=O)O. The van der Waals surface area contributed by atoms with Crippen LogP contribution in [-0.2, 0) is 54.4 Å². The summed E-state index contributed by atoms with van der Waals surface area (Å²) < 4.78 is 0. The second-order valence-corrected chi connectivity index (χ2v) is 13.9. The Labute approximate surface area is 349 Å². The fraction of sp³-hybridized carbons (Fsp3) is 0.514. The molecule has 0 fully saturated rings. The molecule has 0 spiro atoms. The van der Waals surface area contributed by atoms with Gasteiger partial charge in [-0.2, -0.15) is 0 Å². The van der Waals surface area contributed by atoms with Gasteiger partial charge in [-0.05, 0) is 57.2 Å². The molecule has 0 unspecified atom stereocenters. The zero-order chi connectivity index (χ0) is 45.6. The highest BCUT2D eigenvalue weighted by Crippen LogP contribution is 2.19. The van der Waals surface area contributed by atoms with Gasteiger partial charge in [0.1, 0.15) is 36.3 Å². The maximum atomic E-state index is 13.2. The first-order valence-corrected chi connectivity index (χ1v) is 19.3. The number of amides is 8. The van der Waals surface area contributed by atoms with E-state index in [-0.39, 0.29) is 25.7 Å². The number of rotatable bonds is 28. The van der Waals surface area contributed by atoms with Crippen molar-refractivity contribution in [2.45, 2.75) is 94.5 Å². The number of carboxylic acid groups (broad SMARTS) is 2. The molecule has 24 nitrogen and oxygen atoms in total. The number of hydrogen-bond donors (Lipinski definition) is 14. The second kappa shape index (κ2) is 25.7. The van der Waals surface area contributed by atoms with E-state index in [1.54, 1.807) is 30.5 Å². The normalized spacial score (nSPS) is 13.8. The Kier molecular flexibility index (Phi) is 21.3. The van der Waals surface area contributed by atoms with Crippen molar-refractivity contribution in [1.29, 1.82) is 0 Å². The molecular weight excluding hydrogens is 806 g/mol. The highest BCUT2D eigenvalue weighted by atomic mass is 16.4. The number of fused-ring (bicyclic) bond motifs is 1. The number of unbranched alkanes of at least 4 members (excludes halogenated alkanes) is 1. The van der Waals surface area contributed by atoms with Gasteiger partial charge < -0.3 is 74.7 Å². The first kappa shape index (κ1) is 50.5. The molecule has 0 aliphatic heterocycles. The number of nitrogens with two attached hydrogens (primary N) is 3. The fourth-order valence-corrected chi connectivity index (χ4v) is 5.69. The molecule has 0 bridgehead atoms. The van der Waals surface area contributed by atoms with Gasteiger partial charge in [-0.3, -0.25) is 43.2 Å². The highest BCUT2D eigenvalue weighted by molar-refractivity contribution is 5.96. The molecule has 8 amide bonds. The maximum absolute atomic E-state index is 13.2. The van der Waals surface area contributed by atoms with Crippen molar-refractivity contribution < 1.29 is 63.3 Å². The number of aliphatic hydroxyl groups excluding tert-OH is 1. The van der Waals surface area contributed by atoms with E-state index in [9.17, 15) is 63.3 Å². The average molecular weight is 862 g/mol. The van der Waals surface area contributed by atoms with Crippen LogP contribution in [0.15, 0.2) is 30.5 Å². The van der Waals surface area contributed by atoms with Gasteiger partial charge in [-0.1, -0.05) is 18.2 Å². The lowest BCUT2D eigenvalue weighted by molar-refractivity contribution is -0.142. The molecule has 24 heteroatoms. The summed E-state index contributed by atoms with van der Waals surface area (Å²) in [6.07, 6.45) is 0.757. The molecule has 336 valence electrons. The van der Waals surface area contributed by atoms with E-state index in [4.69, 9.17) is 17.2 Å². The summed E-state index contributed by atoms with van der Waals surface area (Å²) >= 11 is 0.